The van der Waals surface area contributed by atoms with Gasteiger partial charge < -0.3 is 4.90 Å². The van der Waals surface area contributed by atoms with E-state index in [1.807, 2.05) is 0 Å². The molecule has 1 saturated carbocycles. The average molecular weight is 229 g/mol. The van der Waals surface area contributed by atoms with E-state index in [0.717, 1.165) is 6.54 Å². The van der Waals surface area contributed by atoms with Crippen LogP contribution in [0, 0.1) is 0 Å². The molecule has 3 rings (SSSR count). The van der Waals surface area contributed by atoms with Crippen LogP contribution in [0.2, 0.25) is 0 Å². The molecule has 0 saturated heterocycles. The summed E-state index contributed by atoms with van der Waals surface area (Å²) in [5.41, 5.74) is 5.48. The van der Waals surface area contributed by atoms with Crippen molar-refractivity contribution in [3.8, 4) is 0 Å². The molecule has 0 radical (unpaired) electrons. The molecule has 0 atom stereocenters. The number of fused-ring (bicyclic) bond motifs is 2. The van der Waals surface area contributed by atoms with Gasteiger partial charge in [-0.15, -0.1) is 0 Å². The molecule has 1 heterocycles. The standard InChI is InChI=1S/C16H23N/c1-15(2,3)13-5-6-14-12(9-13)10-17(4)11-16(14)7-8-16/h5-6,9H,7-8,10-11H2,1-4H3. The Bertz CT molecular complexity index is 449. The summed E-state index contributed by atoms with van der Waals surface area (Å²) in [4.78, 5) is 2.49. The molecule has 1 aliphatic heterocycles. The fraction of sp³-hybridized carbons (Fsp3) is 0.625. The Hall–Kier alpha value is -0.820. The third-order valence-electron chi connectivity index (χ3n) is 4.41. The van der Waals surface area contributed by atoms with Crippen molar-refractivity contribution in [3.63, 3.8) is 0 Å². The highest BCUT2D eigenvalue weighted by atomic mass is 15.1. The van der Waals surface area contributed by atoms with Gasteiger partial charge in [-0.1, -0.05) is 39.0 Å². The number of benzene rings is 1. The highest BCUT2D eigenvalue weighted by molar-refractivity contribution is 5.44. The van der Waals surface area contributed by atoms with Gasteiger partial charge in [0.2, 0.25) is 0 Å². The van der Waals surface area contributed by atoms with E-state index in [0.29, 0.717) is 5.41 Å². The van der Waals surface area contributed by atoms with Crippen LogP contribution < -0.4 is 0 Å². The van der Waals surface area contributed by atoms with Crippen LogP contribution in [0.4, 0.5) is 0 Å². The molecular weight excluding hydrogens is 206 g/mol. The molecule has 0 amide bonds. The van der Waals surface area contributed by atoms with E-state index >= 15 is 0 Å². The number of hydrogen-bond acceptors (Lipinski definition) is 1. The zero-order valence-electron chi connectivity index (χ0n) is 11.5. The van der Waals surface area contributed by atoms with Crippen molar-refractivity contribution in [2.45, 2.75) is 51.0 Å². The summed E-state index contributed by atoms with van der Waals surface area (Å²) in [6, 6.07) is 7.21. The lowest BCUT2D eigenvalue weighted by atomic mass is 9.81. The molecule has 1 aromatic carbocycles. The topological polar surface area (TPSA) is 3.24 Å². The summed E-state index contributed by atoms with van der Waals surface area (Å²) in [6.45, 7) is 9.28. The van der Waals surface area contributed by atoms with Crippen molar-refractivity contribution in [1.29, 1.82) is 0 Å². The first-order valence-corrected chi connectivity index (χ1v) is 6.73. The molecular formula is C16H23N. The second-order valence-corrected chi connectivity index (χ2v) is 7.07. The van der Waals surface area contributed by atoms with Gasteiger partial charge >= 0.3 is 0 Å². The minimum absolute atomic E-state index is 0.266. The minimum Gasteiger partial charge on any atom is -0.301 e. The van der Waals surface area contributed by atoms with Gasteiger partial charge in [0.25, 0.3) is 0 Å². The van der Waals surface area contributed by atoms with Crippen molar-refractivity contribution >= 4 is 0 Å². The predicted octanol–water partition coefficient (Wildman–Crippen LogP) is 3.46. The summed E-state index contributed by atoms with van der Waals surface area (Å²) in [7, 11) is 2.26. The Morgan fingerprint density at radius 2 is 1.88 bits per heavy atom. The first-order chi connectivity index (χ1) is 7.91. The molecule has 0 bridgehead atoms. The van der Waals surface area contributed by atoms with Gasteiger partial charge in [0.1, 0.15) is 0 Å². The van der Waals surface area contributed by atoms with Crippen LogP contribution >= 0.6 is 0 Å². The molecule has 1 nitrogen and oxygen atoms in total. The zero-order chi connectivity index (χ0) is 12.3. The van der Waals surface area contributed by atoms with Crippen molar-refractivity contribution in [3.05, 3.63) is 34.9 Å². The molecule has 1 fully saturated rings. The van der Waals surface area contributed by atoms with Crippen LogP contribution in [0.1, 0.15) is 50.3 Å². The second kappa shape index (κ2) is 3.35. The molecule has 2 aliphatic rings. The fourth-order valence-electron chi connectivity index (χ4n) is 3.24. The van der Waals surface area contributed by atoms with Crippen LogP contribution in [-0.2, 0) is 17.4 Å². The molecule has 1 spiro atoms. The fourth-order valence-corrected chi connectivity index (χ4v) is 3.24. The summed E-state index contributed by atoms with van der Waals surface area (Å²) in [6.07, 6.45) is 2.78. The Morgan fingerprint density at radius 3 is 2.47 bits per heavy atom. The third kappa shape index (κ3) is 1.81. The Kier molecular flexibility index (Phi) is 2.22. The quantitative estimate of drug-likeness (QED) is 0.658. The normalized spacial score (nSPS) is 22.6. The smallest absolute Gasteiger partial charge is 0.0234 e. The molecule has 0 N–H and O–H groups in total. The third-order valence-corrected chi connectivity index (χ3v) is 4.41. The maximum atomic E-state index is 2.49. The largest absolute Gasteiger partial charge is 0.301 e. The van der Waals surface area contributed by atoms with E-state index in [1.165, 1.54) is 24.9 Å². The van der Waals surface area contributed by atoms with Crippen molar-refractivity contribution in [2.24, 2.45) is 0 Å². The molecule has 1 heteroatoms. The number of nitrogens with zero attached hydrogens (tertiary/aromatic N) is 1. The lowest BCUT2D eigenvalue weighted by molar-refractivity contribution is 0.271. The van der Waals surface area contributed by atoms with Crippen molar-refractivity contribution in [1.82, 2.24) is 4.90 Å². The lowest BCUT2D eigenvalue weighted by Crippen LogP contribution is -2.35. The number of likely N-dealkylation sites (N-methyl/N-ethyl adjacent to an activating group) is 1. The minimum atomic E-state index is 0.266. The molecule has 0 aromatic heterocycles. The predicted molar refractivity (Wildman–Crippen MR) is 72.4 cm³/mol. The van der Waals surface area contributed by atoms with E-state index in [-0.39, 0.29) is 5.41 Å². The summed E-state index contributed by atoms with van der Waals surface area (Å²) >= 11 is 0. The molecule has 0 unspecified atom stereocenters. The highest BCUT2D eigenvalue weighted by Crippen LogP contribution is 2.52. The van der Waals surface area contributed by atoms with Crippen LogP contribution in [0.3, 0.4) is 0 Å². The van der Waals surface area contributed by atoms with Gasteiger partial charge in [0, 0.05) is 18.5 Å². The number of hydrogen-bond donors (Lipinski definition) is 0. The van der Waals surface area contributed by atoms with E-state index in [1.54, 1.807) is 11.1 Å². The maximum absolute atomic E-state index is 2.49. The summed E-state index contributed by atoms with van der Waals surface area (Å²) in [5.74, 6) is 0. The first kappa shape index (κ1) is 11.3. The van der Waals surface area contributed by atoms with Crippen LogP contribution in [0.25, 0.3) is 0 Å². The van der Waals surface area contributed by atoms with Gasteiger partial charge in [-0.3, -0.25) is 0 Å². The van der Waals surface area contributed by atoms with Crippen molar-refractivity contribution < 1.29 is 0 Å². The molecule has 1 aromatic rings. The zero-order valence-corrected chi connectivity index (χ0v) is 11.5. The van der Waals surface area contributed by atoms with Crippen molar-refractivity contribution in [2.75, 3.05) is 13.6 Å². The van der Waals surface area contributed by atoms with Gasteiger partial charge in [-0.2, -0.15) is 0 Å². The number of rotatable bonds is 0. The van der Waals surface area contributed by atoms with E-state index in [9.17, 15) is 0 Å². The highest BCUT2D eigenvalue weighted by Gasteiger charge is 2.48. The van der Waals surface area contributed by atoms with Gasteiger partial charge in [-0.05, 0) is 42.0 Å². The second-order valence-electron chi connectivity index (χ2n) is 7.07. The molecule has 1 aliphatic carbocycles. The van der Waals surface area contributed by atoms with Crippen LogP contribution in [0.15, 0.2) is 18.2 Å². The Balaban J connectivity index is 2.06. The van der Waals surface area contributed by atoms with E-state index in [2.05, 4.69) is 50.9 Å². The van der Waals surface area contributed by atoms with E-state index in [4.69, 9.17) is 0 Å². The van der Waals surface area contributed by atoms with E-state index < -0.39 is 0 Å². The molecule has 92 valence electrons. The summed E-state index contributed by atoms with van der Waals surface area (Å²) in [5, 5.41) is 0. The summed E-state index contributed by atoms with van der Waals surface area (Å²) < 4.78 is 0. The van der Waals surface area contributed by atoms with Crippen LogP contribution in [0.5, 0.6) is 0 Å². The van der Waals surface area contributed by atoms with Crippen LogP contribution in [-0.4, -0.2) is 18.5 Å². The first-order valence-electron chi connectivity index (χ1n) is 6.73. The lowest BCUT2D eigenvalue weighted by Gasteiger charge is -2.34. The monoisotopic (exact) mass is 229 g/mol. The maximum Gasteiger partial charge on any atom is 0.0234 e. The van der Waals surface area contributed by atoms with Gasteiger partial charge in [-0.25, -0.2) is 0 Å². The SMILES string of the molecule is CN1Cc2cc(C(C)(C)C)ccc2C2(CC2)C1. The Morgan fingerprint density at radius 1 is 1.18 bits per heavy atom. The molecule has 17 heavy (non-hydrogen) atoms. The van der Waals surface area contributed by atoms with Gasteiger partial charge in [0.15, 0.2) is 0 Å². The Labute approximate surface area is 105 Å². The van der Waals surface area contributed by atoms with Gasteiger partial charge in [0.05, 0.1) is 0 Å². The average Bonchev–Trinajstić information content (AvgIpc) is 2.96.